The minimum absolute atomic E-state index is 0.0827. The number of amides is 1. The number of nitrogens with two attached hydrogens (primary N) is 1. The Morgan fingerprint density at radius 1 is 1.48 bits per heavy atom. The first-order valence-electron chi connectivity index (χ1n) is 6.93. The highest BCUT2D eigenvalue weighted by atomic mass is 35.5. The number of carbonyl (C=O) groups is 1. The fraction of sp³-hybridized carbons (Fsp3) is 0.533. The van der Waals surface area contributed by atoms with E-state index < -0.39 is 5.60 Å². The lowest BCUT2D eigenvalue weighted by Crippen LogP contribution is -2.36. The van der Waals surface area contributed by atoms with Gasteiger partial charge in [-0.2, -0.15) is 0 Å². The molecule has 1 aromatic rings. The molecule has 0 aromatic heterocycles. The van der Waals surface area contributed by atoms with Crippen molar-refractivity contribution in [3.63, 3.8) is 0 Å². The lowest BCUT2D eigenvalue weighted by Gasteiger charge is -2.25. The van der Waals surface area contributed by atoms with Crippen LogP contribution in [-0.2, 0) is 4.79 Å². The number of likely N-dealkylation sites (N-methyl/N-ethyl adjacent to an activating group) is 1. The van der Waals surface area contributed by atoms with Crippen LogP contribution < -0.4 is 11.1 Å². The molecule has 0 saturated carbocycles. The first kappa shape index (κ1) is 17.8. The van der Waals surface area contributed by atoms with Crippen LogP contribution in [0, 0.1) is 0 Å². The summed E-state index contributed by atoms with van der Waals surface area (Å²) in [5.74, 6) is -0.0827. The van der Waals surface area contributed by atoms with Crippen molar-refractivity contribution in [1.29, 1.82) is 0 Å². The zero-order chi connectivity index (χ0) is 16.0. The second kappa shape index (κ2) is 7.64. The van der Waals surface area contributed by atoms with Crippen LogP contribution in [0.25, 0.3) is 0 Å². The van der Waals surface area contributed by atoms with Crippen LogP contribution in [0.4, 0.5) is 11.4 Å². The second-order valence-electron chi connectivity index (χ2n) is 5.93. The summed E-state index contributed by atoms with van der Waals surface area (Å²) in [5, 5.41) is 13.0. The average molecular weight is 314 g/mol. The van der Waals surface area contributed by atoms with E-state index in [0.29, 0.717) is 35.8 Å². The van der Waals surface area contributed by atoms with E-state index in [4.69, 9.17) is 17.3 Å². The molecule has 0 fully saturated rings. The molecule has 6 heteroatoms. The van der Waals surface area contributed by atoms with Gasteiger partial charge in [0.1, 0.15) is 0 Å². The predicted octanol–water partition coefficient (Wildman–Crippen LogP) is 2.34. The van der Waals surface area contributed by atoms with Gasteiger partial charge in [0, 0.05) is 18.0 Å². The summed E-state index contributed by atoms with van der Waals surface area (Å²) in [6, 6.07) is 4.98. The Morgan fingerprint density at radius 2 is 2.14 bits per heavy atom. The quantitative estimate of drug-likeness (QED) is 0.675. The fourth-order valence-electron chi connectivity index (χ4n) is 2.11. The van der Waals surface area contributed by atoms with Gasteiger partial charge in [0.15, 0.2) is 0 Å². The summed E-state index contributed by atoms with van der Waals surface area (Å²) in [5.41, 5.74) is 6.09. The van der Waals surface area contributed by atoms with Crippen molar-refractivity contribution >= 4 is 28.9 Å². The fourth-order valence-corrected chi connectivity index (χ4v) is 2.29. The van der Waals surface area contributed by atoms with E-state index in [2.05, 4.69) is 5.32 Å². The van der Waals surface area contributed by atoms with Gasteiger partial charge in [-0.05, 0) is 52.1 Å². The SMILES string of the molecule is CN(CCCC(=O)Nc1ccc(Cl)cc1N)CC(C)(C)O. The minimum Gasteiger partial charge on any atom is -0.397 e. The number of nitrogens with zero attached hydrogens (tertiary/aromatic N) is 1. The van der Waals surface area contributed by atoms with Crippen LogP contribution in [0.15, 0.2) is 18.2 Å². The van der Waals surface area contributed by atoms with Crippen LogP contribution in [0.3, 0.4) is 0 Å². The van der Waals surface area contributed by atoms with Gasteiger partial charge in [-0.3, -0.25) is 4.79 Å². The summed E-state index contributed by atoms with van der Waals surface area (Å²) in [6.07, 6.45) is 1.12. The maximum Gasteiger partial charge on any atom is 0.224 e. The van der Waals surface area contributed by atoms with Crippen LogP contribution in [0.1, 0.15) is 26.7 Å². The van der Waals surface area contributed by atoms with Crippen molar-refractivity contribution < 1.29 is 9.90 Å². The molecule has 0 bridgehead atoms. The van der Waals surface area contributed by atoms with Gasteiger partial charge in [-0.1, -0.05) is 11.6 Å². The lowest BCUT2D eigenvalue weighted by atomic mass is 10.1. The number of rotatable bonds is 7. The standard InChI is InChI=1S/C15H24ClN3O2/c1-15(2,21)10-19(3)8-4-5-14(20)18-13-7-6-11(16)9-12(13)17/h6-7,9,21H,4-5,8,10,17H2,1-3H3,(H,18,20). The Labute approximate surface area is 131 Å². The lowest BCUT2D eigenvalue weighted by molar-refractivity contribution is -0.116. The van der Waals surface area contributed by atoms with Gasteiger partial charge in [0.25, 0.3) is 0 Å². The second-order valence-corrected chi connectivity index (χ2v) is 6.37. The molecule has 1 amide bonds. The monoisotopic (exact) mass is 313 g/mol. The third-order valence-corrected chi connectivity index (χ3v) is 3.12. The molecule has 0 radical (unpaired) electrons. The maximum atomic E-state index is 11.8. The van der Waals surface area contributed by atoms with E-state index in [1.165, 1.54) is 0 Å². The largest absolute Gasteiger partial charge is 0.397 e. The zero-order valence-corrected chi connectivity index (χ0v) is 13.6. The molecule has 118 valence electrons. The Bertz CT molecular complexity index is 486. The van der Waals surface area contributed by atoms with E-state index >= 15 is 0 Å². The number of hydrogen-bond acceptors (Lipinski definition) is 4. The van der Waals surface area contributed by atoms with Crippen LogP contribution in [0.5, 0.6) is 0 Å². The third kappa shape index (κ3) is 7.32. The van der Waals surface area contributed by atoms with E-state index in [1.807, 2.05) is 11.9 Å². The molecule has 0 saturated heterocycles. The highest BCUT2D eigenvalue weighted by Gasteiger charge is 2.15. The van der Waals surface area contributed by atoms with Crippen molar-refractivity contribution in [2.75, 3.05) is 31.2 Å². The third-order valence-electron chi connectivity index (χ3n) is 2.89. The molecular weight excluding hydrogens is 290 g/mol. The van der Waals surface area contributed by atoms with Crippen LogP contribution in [0.2, 0.25) is 5.02 Å². The normalized spacial score (nSPS) is 11.7. The molecule has 0 unspecified atom stereocenters. The van der Waals surface area contributed by atoms with E-state index in [9.17, 15) is 9.90 Å². The number of hydrogen-bond donors (Lipinski definition) is 3. The number of nitrogens with one attached hydrogen (secondary N) is 1. The van der Waals surface area contributed by atoms with Gasteiger partial charge < -0.3 is 21.1 Å². The predicted molar refractivity (Wildman–Crippen MR) is 87.5 cm³/mol. The molecule has 21 heavy (non-hydrogen) atoms. The van der Waals surface area contributed by atoms with Crippen molar-refractivity contribution in [3.05, 3.63) is 23.2 Å². The highest BCUT2D eigenvalue weighted by molar-refractivity contribution is 6.31. The highest BCUT2D eigenvalue weighted by Crippen LogP contribution is 2.22. The van der Waals surface area contributed by atoms with Gasteiger partial charge in [0.05, 0.1) is 17.0 Å². The number of halogens is 1. The van der Waals surface area contributed by atoms with E-state index in [0.717, 1.165) is 6.54 Å². The summed E-state index contributed by atoms with van der Waals surface area (Å²) in [6.45, 7) is 4.84. The number of carbonyl (C=O) groups excluding carboxylic acids is 1. The Morgan fingerprint density at radius 3 is 2.71 bits per heavy atom. The summed E-state index contributed by atoms with van der Waals surface area (Å²) < 4.78 is 0. The topological polar surface area (TPSA) is 78.6 Å². The number of aliphatic hydroxyl groups is 1. The molecule has 0 aliphatic heterocycles. The first-order valence-corrected chi connectivity index (χ1v) is 7.31. The molecular formula is C15H24ClN3O2. The molecule has 1 aromatic carbocycles. The van der Waals surface area contributed by atoms with Crippen LogP contribution in [-0.4, -0.2) is 41.7 Å². The summed E-state index contributed by atoms with van der Waals surface area (Å²) in [7, 11) is 1.92. The van der Waals surface area contributed by atoms with E-state index in [-0.39, 0.29) is 5.91 Å². The Hall–Kier alpha value is -1.30. The van der Waals surface area contributed by atoms with Gasteiger partial charge in [0.2, 0.25) is 5.91 Å². The minimum atomic E-state index is -0.727. The van der Waals surface area contributed by atoms with Gasteiger partial charge >= 0.3 is 0 Å². The average Bonchev–Trinajstić information content (AvgIpc) is 2.30. The van der Waals surface area contributed by atoms with E-state index in [1.54, 1.807) is 32.0 Å². The molecule has 0 aliphatic carbocycles. The Kier molecular flexibility index (Phi) is 6.45. The summed E-state index contributed by atoms with van der Waals surface area (Å²) in [4.78, 5) is 13.9. The van der Waals surface area contributed by atoms with Gasteiger partial charge in [-0.25, -0.2) is 0 Å². The van der Waals surface area contributed by atoms with Crippen molar-refractivity contribution in [3.8, 4) is 0 Å². The molecule has 0 heterocycles. The Balaban J connectivity index is 2.34. The first-order chi connectivity index (χ1) is 9.67. The van der Waals surface area contributed by atoms with Crippen molar-refractivity contribution in [2.45, 2.75) is 32.3 Å². The van der Waals surface area contributed by atoms with Gasteiger partial charge in [-0.15, -0.1) is 0 Å². The smallest absolute Gasteiger partial charge is 0.224 e. The maximum absolute atomic E-state index is 11.8. The summed E-state index contributed by atoms with van der Waals surface area (Å²) >= 11 is 5.81. The van der Waals surface area contributed by atoms with Crippen LogP contribution >= 0.6 is 11.6 Å². The molecule has 0 atom stereocenters. The molecule has 5 nitrogen and oxygen atoms in total. The number of nitrogen functional groups attached to an aromatic ring is 1. The van der Waals surface area contributed by atoms with Crippen molar-refractivity contribution in [2.24, 2.45) is 0 Å². The van der Waals surface area contributed by atoms with Crippen molar-refractivity contribution in [1.82, 2.24) is 4.90 Å². The number of anilines is 2. The number of benzene rings is 1. The molecule has 4 N–H and O–H groups in total. The molecule has 0 aliphatic rings. The zero-order valence-electron chi connectivity index (χ0n) is 12.8. The molecule has 0 spiro atoms. The molecule has 1 rings (SSSR count).